The van der Waals surface area contributed by atoms with Crippen LogP contribution in [0, 0.1) is 5.92 Å². The van der Waals surface area contributed by atoms with Crippen molar-refractivity contribution in [2.75, 3.05) is 26.2 Å². The third-order valence-corrected chi connectivity index (χ3v) is 4.09. The molecule has 0 aromatic heterocycles. The Kier molecular flexibility index (Phi) is 5.90. The summed E-state index contributed by atoms with van der Waals surface area (Å²) in [6, 6.07) is 0. The number of unbranched alkanes of at least 4 members (excludes halogenated alkanes) is 2. The van der Waals surface area contributed by atoms with E-state index in [9.17, 15) is 14.7 Å². The second kappa shape index (κ2) is 7.68. The van der Waals surface area contributed by atoms with E-state index in [1.54, 1.807) is 0 Å². The van der Waals surface area contributed by atoms with Crippen molar-refractivity contribution >= 4 is 11.8 Å². The smallest absolute Gasteiger partial charge is 0.253 e. The van der Waals surface area contributed by atoms with Gasteiger partial charge in [0.2, 0.25) is 0 Å². The first kappa shape index (κ1) is 16.1. The van der Waals surface area contributed by atoms with E-state index in [1.165, 1.54) is 17.1 Å². The van der Waals surface area contributed by atoms with Gasteiger partial charge in [-0.15, -0.1) is 0 Å². The Hall–Kier alpha value is -1.24. The normalized spacial score (nSPS) is 24.3. The first-order valence-corrected chi connectivity index (χ1v) is 7.77. The highest BCUT2D eigenvalue weighted by Gasteiger charge is 2.24. The molecule has 2 aliphatic heterocycles. The minimum Gasteiger partial charge on any atom is -0.365 e. The maximum atomic E-state index is 11.3. The van der Waals surface area contributed by atoms with Crippen LogP contribution < -0.4 is 5.32 Å². The Morgan fingerprint density at radius 2 is 2.00 bits per heavy atom. The Morgan fingerprint density at radius 3 is 2.62 bits per heavy atom. The van der Waals surface area contributed by atoms with Crippen molar-refractivity contribution in [3.05, 3.63) is 12.2 Å². The number of nitrogens with one attached hydrogen (secondary N) is 1. The molecule has 0 spiro atoms. The summed E-state index contributed by atoms with van der Waals surface area (Å²) in [6.07, 6.45) is 5.87. The van der Waals surface area contributed by atoms with Gasteiger partial charge in [-0.2, -0.15) is 0 Å². The van der Waals surface area contributed by atoms with Gasteiger partial charge in [-0.3, -0.25) is 24.7 Å². The molecular weight excluding hydrogens is 270 g/mol. The Bertz CT molecular complexity index is 393. The highest BCUT2D eigenvalue weighted by Crippen LogP contribution is 2.15. The van der Waals surface area contributed by atoms with Crippen LogP contribution in [0.15, 0.2) is 12.2 Å². The summed E-state index contributed by atoms with van der Waals surface area (Å²) < 4.78 is 0. The molecule has 1 fully saturated rings. The first-order chi connectivity index (χ1) is 10.1. The molecule has 0 aromatic rings. The Labute approximate surface area is 125 Å². The number of aliphatic hydroxyl groups is 1. The van der Waals surface area contributed by atoms with Gasteiger partial charge in [-0.1, -0.05) is 13.3 Å². The van der Waals surface area contributed by atoms with E-state index >= 15 is 0 Å². The van der Waals surface area contributed by atoms with Gasteiger partial charge in [-0.05, 0) is 31.7 Å². The number of hydrogen-bond donors (Lipinski definition) is 2. The van der Waals surface area contributed by atoms with Crippen LogP contribution in [0.5, 0.6) is 0 Å². The topological polar surface area (TPSA) is 72.9 Å². The fraction of sp³-hybridized carbons (Fsp3) is 0.733. The number of hydrogen-bond acceptors (Lipinski definition) is 5. The molecule has 0 aliphatic carbocycles. The number of carbonyl (C=O) groups excluding carboxylic acids is 2. The fourth-order valence-corrected chi connectivity index (χ4v) is 2.77. The number of imide groups is 1. The molecule has 6 nitrogen and oxygen atoms in total. The van der Waals surface area contributed by atoms with E-state index in [0.717, 1.165) is 45.3 Å². The quantitative estimate of drug-likeness (QED) is 0.382. The first-order valence-electron chi connectivity index (χ1n) is 7.77. The van der Waals surface area contributed by atoms with Gasteiger partial charge in [0.25, 0.3) is 11.8 Å². The molecule has 0 aromatic carbocycles. The summed E-state index contributed by atoms with van der Waals surface area (Å²) >= 11 is 0. The molecule has 1 saturated heterocycles. The van der Waals surface area contributed by atoms with Crippen molar-refractivity contribution in [2.24, 2.45) is 5.92 Å². The molecule has 21 heavy (non-hydrogen) atoms. The second-order valence-electron chi connectivity index (χ2n) is 5.94. The summed E-state index contributed by atoms with van der Waals surface area (Å²) in [5.74, 6) is 0.235. The van der Waals surface area contributed by atoms with Crippen molar-refractivity contribution in [2.45, 2.75) is 39.0 Å². The highest BCUT2D eigenvalue weighted by molar-refractivity contribution is 6.12. The van der Waals surface area contributed by atoms with Crippen LogP contribution in [0.4, 0.5) is 0 Å². The highest BCUT2D eigenvalue weighted by atomic mass is 16.3. The SMILES string of the molecule is C[C@H]1CCN(C(O)NCCCCCN2C(=O)C=CC2=O)C1. The molecule has 118 valence electrons. The average molecular weight is 295 g/mol. The van der Waals surface area contributed by atoms with Crippen molar-refractivity contribution in [1.29, 1.82) is 0 Å². The number of rotatable bonds is 8. The Morgan fingerprint density at radius 1 is 1.29 bits per heavy atom. The molecule has 0 saturated carbocycles. The van der Waals surface area contributed by atoms with Crippen LogP contribution in [-0.2, 0) is 9.59 Å². The molecular formula is C15H25N3O3. The van der Waals surface area contributed by atoms with Crippen molar-refractivity contribution in [3.8, 4) is 0 Å². The van der Waals surface area contributed by atoms with E-state index in [0.29, 0.717) is 12.5 Å². The second-order valence-corrected chi connectivity index (χ2v) is 5.94. The van der Waals surface area contributed by atoms with E-state index < -0.39 is 6.35 Å². The van der Waals surface area contributed by atoms with Gasteiger partial charge in [0.05, 0.1) is 0 Å². The molecule has 6 heteroatoms. The fourth-order valence-electron chi connectivity index (χ4n) is 2.77. The van der Waals surface area contributed by atoms with E-state index in [4.69, 9.17) is 0 Å². The lowest BCUT2D eigenvalue weighted by Crippen LogP contribution is -2.44. The summed E-state index contributed by atoms with van der Waals surface area (Å²) in [5.41, 5.74) is 0. The van der Waals surface area contributed by atoms with E-state index in [-0.39, 0.29) is 11.8 Å². The number of nitrogens with zero attached hydrogens (tertiary/aromatic N) is 2. The van der Waals surface area contributed by atoms with Gasteiger partial charge >= 0.3 is 0 Å². The summed E-state index contributed by atoms with van der Waals surface area (Å²) in [6.45, 7) is 5.31. The summed E-state index contributed by atoms with van der Waals surface area (Å²) in [5, 5.41) is 13.1. The van der Waals surface area contributed by atoms with Crippen LogP contribution in [0.1, 0.15) is 32.6 Å². The number of aliphatic hydroxyl groups excluding tert-OH is 1. The van der Waals surface area contributed by atoms with Crippen LogP contribution in [0.25, 0.3) is 0 Å². The van der Waals surface area contributed by atoms with Gasteiger partial charge in [-0.25, -0.2) is 0 Å². The summed E-state index contributed by atoms with van der Waals surface area (Å²) in [7, 11) is 0. The molecule has 0 radical (unpaired) electrons. The zero-order valence-corrected chi connectivity index (χ0v) is 12.6. The minimum atomic E-state index is -0.555. The van der Waals surface area contributed by atoms with E-state index in [1.807, 2.05) is 0 Å². The Balaban J connectivity index is 1.50. The van der Waals surface area contributed by atoms with Crippen LogP contribution in [0.3, 0.4) is 0 Å². The molecule has 2 amide bonds. The van der Waals surface area contributed by atoms with Crippen LogP contribution in [0.2, 0.25) is 0 Å². The molecule has 0 bridgehead atoms. The lowest BCUT2D eigenvalue weighted by atomic mass is 10.2. The maximum absolute atomic E-state index is 11.3. The lowest BCUT2D eigenvalue weighted by Gasteiger charge is -2.23. The van der Waals surface area contributed by atoms with Gasteiger partial charge in [0.15, 0.2) is 6.35 Å². The third kappa shape index (κ3) is 4.62. The van der Waals surface area contributed by atoms with Gasteiger partial charge < -0.3 is 5.11 Å². The van der Waals surface area contributed by atoms with Crippen LogP contribution >= 0.6 is 0 Å². The van der Waals surface area contributed by atoms with E-state index in [2.05, 4.69) is 17.1 Å². The molecule has 2 atom stereocenters. The predicted octanol–water partition coefficient (Wildman–Crippen LogP) is 0.289. The van der Waals surface area contributed by atoms with Gasteiger partial charge in [0, 0.05) is 31.8 Å². The zero-order valence-electron chi connectivity index (χ0n) is 12.6. The lowest BCUT2D eigenvalue weighted by molar-refractivity contribution is -0.136. The molecule has 2 aliphatic rings. The average Bonchev–Trinajstić information content (AvgIpc) is 3.02. The predicted molar refractivity (Wildman–Crippen MR) is 79.1 cm³/mol. The monoisotopic (exact) mass is 295 g/mol. The molecule has 1 unspecified atom stereocenters. The number of likely N-dealkylation sites (tertiary alicyclic amines) is 1. The number of amides is 2. The number of carbonyl (C=O) groups is 2. The minimum absolute atomic E-state index is 0.211. The largest absolute Gasteiger partial charge is 0.365 e. The van der Waals surface area contributed by atoms with Gasteiger partial charge in [0.1, 0.15) is 0 Å². The zero-order chi connectivity index (χ0) is 15.2. The van der Waals surface area contributed by atoms with Crippen LogP contribution in [-0.4, -0.2) is 59.3 Å². The molecule has 2 rings (SSSR count). The maximum Gasteiger partial charge on any atom is 0.253 e. The third-order valence-electron chi connectivity index (χ3n) is 4.09. The molecule has 2 N–H and O–H groups in total. The van der Waals surface area contributed by atoms with Crippen molar-refractivity contribution < 1.29 is 14.7 Å². The molecule has 2 heterocycles. The summed E-state index contributed by atoms with van der Waals surface area (Å²) in [4.78, 5) is 26.0. The standard InChI is InChI=1S/C15H25N3O3/c1-12-7-10-17(11-12)15(21)16-8-3-2-4-9-18-13(19)5-6-14(18)20/h5-6,12,15-16,21H,2-4,7-11H2,1H3/t12-,15?/m0/s1. The van der Waals surface area contributed by atoms with Crippen molar-refractivity contribution in [1.82, 2.24) is 15.1 Å². The van der Waals surface area contributed by atoms with Crippen molar-refractivity contribution in [3.63, 3.8) is 0 Å².